The molecule has 0 spiro atoms. The van der Waals surface area contributed by atoms with Crippen LogP contribution >= 0.6 is 0 Å². The number of hydrogen-bond acceptors (Lipinski definition) is 5. The van der Waals surface area contributed by atoms with Crippen molar-refractivity contribution in [1.29, 1.82) is 0 Å². The van der Waals surface area contributed by atoms with Gasteiger partial charge in [0.15, 0.2) is 0 Å². The predicted molar refractivity (Wildman–Crippen MR) is 72.3 cm³/mol. The summed E-state index contributed by atoms with van der Waals surface area (Å²) >= 11 is 0. The topological polar surface area (TPSA) is 84.1 Å². The van der Waals surface area contributed by atoms with Gasteiger partial charge in [-0.2, -0.15) is 0 Å². The molecule has 1 aromatic heterocycles. The van der Waals surface area contributed by atoms with E-state index >= 15 is 0 Å². The van der Waals surface area contributed by atoms with E-state index in [-0.39, 0.29) is 12.0 Å². The summed E-state index contributed by atoms with van der Waals surface area (Å²) in [5.41, 5.74) is 5.76. The van der Waals surface area contributed by atoms with Crippen LogP contribution in [0.5, 0.6) is 0 Å². The molecule has 0 atom stereocenters. The van der Waals surface area contributed by atoms with Gasteiger partial charge in [-0.05, 0) is 12.8 Å². The number of rotatable bonds is 5. The summed E-state index contributed by atoms with van der Waals surface area (Å²) in [6, 6.07) is 1.75. The van der Waals surface area contributed by atoms with Gasteiger partial charge in [-0.25, -0.2) is 9.97 Å². The largest absolute Gasteiger partial charge is 0.396 e. The fourth-order valence-corrected chi connectivity index (χ4v) is 2.56. The molecule has 1 fully saturated rings. The summed E-state index contributed by atoms with van der Waals surface area (Å²) in [7, 11) is 0. The van der Waals surface area contributed by atoms with Crippen LogP contribution in [0.3, 0.4) is 0 Å². The highest BCUT2D eigenvalue weighted by atomic mass is 16.3. The van der Waals surface area contributed by atoms with Gasteiger partial charge in [0, 0.05) is 24.4 Å². The van der Waals surface area contributed by atoms with Crippen molar-refractivity contribution in [2.45, 2.75) is 39.0 Å². The first-order valence-electron chi connectivity index (χ1n) is 6.66. The average molecular weight is 250 g/mol. The Kier molecular flexibility index (Phi) is 4.01. The molecule has 0 radical (unpaired) electrons. The molecule has 18 heavy (non-hydrogen) atoms. The van der Waals surface area contributed by atoms with Crippen molar-refractivity contribution in [2.24, 2.45) is 5.41 Å². The van der Waals surface area contributed by atoms with Gasteiger partial charge in [0.2, 0.25) is 0 Å². The molecule has 1 aromatic rings. The van der Waals surface area contributed by atoms with Gasteiger partial charge in [0.05, 0.1) is 6.61 Å². The molecular formula is C13H22N4O. The fourth-order valence-electron chi connectivity index (χ4n) is 2.56. The molecule has 0 amide bonds. The van der Waals surface area contributed by atoms with Crippen molar-refractivity contribution < 1.29 is 5.11 Å². The standard InChI is InChI=1S/C13H22N4O/c1-2-11-16-10(14)7-12(17-11)15-8-13(9-18)5-3-4-6-13/h7,18H,2-6,8-9H2,1H3,(H3,14,15,16,17). The number of nitrogens with zero attached hydrogens (tertiary/aromatic N) is 2. The molecule has 0 aromatic carbocycles. The predicted octanol–water partition coefficient (Wildman–Crippen LogP) is 1.59. The lowest BCUT2D eigenvalue weighted by Crippen LogP contribution is -2.30. The minimum Gasteiger partial charge on any atom is -0.396 e. The molecule has 0 unspecified atom stereocenters. The molecular weight excluding hydrogens is 228 g/mol. The molecule has 0 bridgehead atoms. The van der Waals surface area contributed by atoms with E-state index in [1.165, 1.54) is 12.8 Å². The Bertz CT molecular complexity index is 402. The summed E-state index contributed by atoms with van der Waals surface area (Å²) < 4.78 is 0. The molecule has 1 aliphatic rings. The normalized spacial score (nSPS) is 17.9. The van der Waals surface area contributed by atoms with Crippen molar-refractivity contribution in [3.63, 3.8) is 0 Å². The van der Waals surface area contributed by atoms with Crippen molar-refractivity contribution in [3.8, 4) is 0 Å². The van der Waals surface area contributed by atoms with Crippen LogP contribution in [0.2, 0.25) is 0 Å². The quantitative estimate of drug-likeness (QED) is 0.739. The van der Waals surface area contributed by atoms with Gasteiger partial charge < -0.3 is 16.2 Å². The van der Waals surface area contributed by atoms with Crippen LogP contribution in [-0.2, 0) is 6.42 Å². The van der Waals surface area contributed by atoms with Gasteiger partial charge in [0.25, 0.3) is 0 Å². The third-order valence-corrected chi connectivity index (χ3v) is 3.75. The van der Waals surface area contributed by atoms with Gasteiger partial charge in [-0.1, -0.05) is 19.8 Å². The first kappa shape index (κ1) is 13.1. The first-order valence-corrected chi connectivity index (χ1v) is 6.66. The zero-order chi connectivity index (χ0) is 13.0. The highest BCUT2D eigenvalue weighted by Crippen LogP contribution is 2.37. The fraction of sp³-hybridized carbons (Fsp3) is 0.692. The lowest BCUT2D eigenvalue weighted by Gasteiger charge is -2.26. The molecule has 1 aliphatic carbocycles. The van der Waals surface area contributed by atoms with Crippen LogP contribution in [0.4, 0.5) is 11.6 Å². The van der Waals surface area contributed by atoms with Crippen LogP contribution in [-0.4, -0.2) is 28.2 Å². The molecule has 0 aliphatic heterocycles. The Hall–Kier alpha value is -1.36. The van der Waals surface area contributed by atoms with Gasteiger partial charge in [-0.3, -0.25) is 0 Å². The van der Waals surface area contributed by atoms with Crippen molar-refractivity contribution in [1.82, 2.24) is 9.97 Å². The highest BCUT2D eigenvalue weighted by Gasteiger charge is 2.32. The maximum Gasteiger partial charge on any atom is 0.132 e. The molecule has 1 heterocycles. The van der Waals surface area contributed by atoms with E-state index < -0.39 is 0 Å². The number of aryl methyl sites for hydroxylation is 1. The van der Waals surface area contributed by atoms with Crippen LogP contribution in [0, 0.1) is 5.41 Å². The summed E-state index contributed by atoms with van der Waals surface area (Å²) in [4.78, 5) is 8.54. The Morgan fingerprint density at radius 3 is 2.72 bits per heavy atom. The summed E-state index contributed by atoms with van der Waals surface area (Å²) in [5.74, 6) is 2.01. The van der Waals surface area contributed by atoms with Gasteiger partial charge >= 0.3 is 0 Å². The lowest BCUT2D eigenvalue weighted by atomic mass is 9.87. The Balaban J connectivity index is 2.03. The molecule has 2 rings (SSSR count). The second-order valence-corrected chi connectivity index (χ2v) is 5.17. The number of nitrogen functional groups attached to an aromatic ring is 1. The van der Waals surface area contributed by atoms with Crippen molar-refractivity contribution in [3.05, 3.63) is 11.9 Å². The van der Waals surface area contributed by atoms with Crippen LogP contribution in [0.1, 0.15) is 38.4 Å². The SMILES string of the molecule is CCc1nc(N)cc(NCC2(CO)CCCC2)n1. The zero-order valence-corrected chi connectivity index (χ0v) is 10.9. The number of aliphatic hydroxyl groups is 1. The molecule has 100 valence electrons. The third kappa shape index (κ3) is 2.90. The third-order valence-electron chi connectivity index (χ3n) is 3.75. The second-order valence-electron chi connectivity index (χ2n) is 5.17. The van der Waals surface area contributed by atoms with E-state index in [0.717, 1.165) is 37.4 Å². The number of hydrogen-bond donors (Lipinski definition) is 3. The van der Waals surface area contributed by atoms with Crippen LogP contribution in [0.25, 0.3) is 0 Å². The lowest BCUT2D eigenvalue weighted by molar-refractivity contribution is 0.142. The molecule has 5 heteroatoms. The van der Waals surface area contributed by atoms with Gasteiger partial charge in [0.1, 0.15) is 17.5 Å². The maximum atomic E-state index is 9.55. The van der Waals surface area contributed by atoms with Crippen molar-refractivity contribution in [2.75, 3.05) is 24.2 Å². The maximum absolute atomic E-state index is 9.55. The van der Waals surface area contributed by atoms with Crippen LogP contribution in [0.15, 0.2) is 6.07 Å². The number of aromatic nitrogens is 2. The van der Waals surface area contributed by atoms with E-state index in [1.54, 1.807) is 6.07 Å². The minimum atomic E-state index is 0.0199. The van der Waals surface area contributed by atoms with E-state index in [2.05, 4.69) is 15.3 Å². The number of nitrogens with one attached hydrogen (secondary N) is 1. The summed E-state index contributed by atoms with van der Waals surface area (Å²) in [6.07, 6.45) is 5.34. The molecule has 0 saturated heterocycles. The smallest absolute Gasteiger partial charge is 0.132 e. The summed E-state index contributed by atoms with van der Waals surface area (Å²) in [5, 5.41) is 12.9. The Labute approximate surface area is 108 Å². The first-order chi connectivity index (χ1) is 8.67. The Morgan fingerprint density at radius 1 is 1.39 bits per heavy atom. The highest BCUT2D eigenvalue weighted by molar-refractivity contribution is 5.44. The van der Waals surface area contributed by atoms with E-state index in [4.69, 9.17) is 5.73 Å². The van der Waals surface area contributed by atoms with E-state index in [1.807, 2.05) is 6.92 Å². The average Bonchev–Trinajstić information content (AvgIpc) is 2.85. The minimum absolute atomic E-state index is 0.0199. The zero-order valence-electron chi connectivity index (χ0n) is 10.9. The Morgan fingerprint density at radius 2 is 2.11 bits per heavy atom. The van der Waals surface area contributed by atoms with Crippen molar-refractivity contribution >= 4 is 11.6 Å². The van der Waals surface area contributed by atoms with E-state index in [0.29, 0.717) is 5.82 Å². The molecule has 4 N–H and O–H groups in total. The molecule has 5 nitrogen and oxygen atoms in total. The second kappa shape index (κ2) is 5.52. The number of aliphatic hydroxyl groups excluding tert-OH is 1. The van der Waals surface area contributed by atoms with Gasteiger partial charge in [-0.15, -0.1) is 0 Å². The van der Waals surface area contributed by atoms with E-state index in [9.17, 15) is 5.11 Å². The monoisotopic (exact) mass is 250 g/mol. The molecule has 1 saturated carbocycles. The number of nitrogens with two attached hydrogens (primary N) is 1. The summed E-state index contributed by atoms with van der Waals surface area (Å²) in [6.45, 7) is 3.00. The number of anilines is 2. The van der Waals surface area contributed by atoms with Crippen LogP contribution < -0.4 is 11.1 Å².